The highest BCUT2D eigenvalue weighted by Crippen LogP contribution is 2.46. The van der Waals surface area contributed by atoms with Gasteiger partial charge < -0.3 is 4.90 Å². The maximum absolute atomic E-state index is 13.2. The highest BCUT2D eigenvalue weighted by Gasteiger charge is 2.46. The first-order chi connectivity index (χ1) is 21.4. The van der Waals surface area contributed by atoms with Gasteiger partial charge in [0.15, 0.2) is 0 Å². The molecule has 0 aromatic heterocycles. The van der Waals surface area contributed by atoms with Crippen LogP contribution < -0.4 is 0 Å². The molecular weight excluding hydrogens is 558 g/mol. The average Bonchev–Trinajstić information content (AvgIpc) is 3.38. The second-order valence-corrected chi connectivity index (χ2v) is 13.8. The summed E-state index contributed by atoms with van der Waals surface area (Å²) >= 11 is 0. The minimum Gasteiger partial charge on any atom is -0.377 e. The van der Waals surface area contributed by atoms with Crippen molar-refractivity contribution in [1.82, 2.24) is 9.80 Å². The molecule has 2 heterocycles. The van der Waals surface area contributed by atoms with Crippen molar-refractivity contribution in [1.29, 1.82) is 0 Å². The summed E-state index contributed by atoms with van der Waals surface area (Å²) in [7, 11) is 0. The molecule has 4 fully saturated rings. The zero-order valence-electron chi connectivity index (χ0n) is 31.1. The van der Waals surface area contributed by atoms with Gasteiger partial charge in [-0.3, -0.25) is 4.90 Å². The number of fused-ring (bicyclic) bond motifs is 1. The summed E-state index contributed by atoms with van der Waals surface area (Å²) in [5.41, 5.74) is 1.11. The molecule has 0 radical (unpaired) electrons. The molecule has 2 saturated carbocycles. The number of allylic oxidation sites excluding steroid dienone is 3. The van der Waals surface area contributed by atoms with Crippen LogP contribution in [0.4, 0.5) is 8.78 Å². The van der Waals surface area contributed by atoms with E-state index in [-0.39, 0.29) is 5.56 Å². The number of hydrogen-bond acceptors (Lipinski definition) is 2. The van der Waals surface area contributed by atoms with Crippen molar-refractivity contribution in [3.63, 3.8) is 0 Å². The number of alkyl halides is 2. The summed E-state index contributed by atoms with van der Waals surface area (Å²) in [5, 5.41) is 0. The Balaban J connectivity index is 0.000000608. The zero-order chi connectivity index (χ0) is 34.4. The lowest BCUT2D eigenvalue weighted by Crippen LogP contribution is -2.37. The molecule has 2 aliphatic carbocycles. The molecule has 2 saturated heterocycles. The van der Waals surface area contributed by atoms with Gasteiger partial charge in [0.2, 0.25) is 0 Å². The SMILES string of the molecule is C=C/C=C\C.C=CN1CCC(c2cccc(C(C)(F)F)c2)C1.CC.CC(C)C.CC1CCC(N2CC3CC3C2)CC1.CCCC. The van der Waals surface area contributed by atoms with Gasteiger partial charge >= 0.3 is 0 Å². The van der Waals surface area contributed by atoms with Crippen molar-refractivity contribution in [3.8, 4) is 0 Å². The Morgan fingerprint density at radius 1 is 0.933 bits per heavy atom. The number of unbranched alkanes of at least 4 members (excludes halogenated alkanes) is 1. The zero-order valence-corrected chi connectivity index (χ0v) is 31.1. The van der Waals surface area contributed by atoms with Crippen LogP contribution in [0, 0.1) is 23.7 Å². The fourth-order valence-electron chi connectivity index (χ4n) is 5.77. The normalized spacial score (nSPS) is 25.0. The minimum atomic E-state index is -2.76. The Morgan fingerprint density at radius 2 is 1.49 bits per heavy atom. The monoisotopic (exact) mass is 631 g/mol. The number of rotatable bonds is 6. The van der Waals surface area contributed by atoms with Gasteiger partial charge in [-0.2, -0.15) is 0 Å². The van der Waals surface area contributed by atoms with Crippen molar-refractivity contribution in [3.05, 3.63) is 73.0 Å². The fraction of sp³-hybridized carbons (Fsp3) is 0.707. The summed E-state index contributed by atoms with van der Waals surface area (Å²) < 4.78 is 26.5. The molecule has 1 aromatic carbocycles. The quantitative estimate of drug-likeness (QED) is 0.289. The van der Waals surface area contributed by atoms with Crippen molar-refractivity contribution in [2.24, 2.45) is 23.7 Å². The average molecular weight is 631 g/mol. The van der Waals surface area contributed by atoms with E-state index in [9.17, 15) is 8.78 Å². The third-order valence-corrected chi connectivity index (χ3v) is 8.68. The first-order valence-corrected chi connectivity index (χ1v) is 18.2. The topological polar surface area (TPSA) is 6.48 Å². The molecular formula is C41H72F2N2. The first-order valence-electron chi connectivity index (χ1n) is 18.2. The van der Waals surface area contributed by atoms with Crippen LogP contribution in [-0.2, 0) is 5.92 Å². The van der Waals surface area contributed by atoms with Crippen molar-refractivity contribution >= 4 is 0 Å². The minimum absolute atomic E-state index is 0.104. The van der Waals surface area contributed by atoms with Crippen LogP contribution in [0.2, 0.25) is 0 Å². The molecule has 4 aliphatic rings. The molecule has 5 rings (SSSR count). The number of halogens is 2. The Kier molecular flexibility index (Phi) is 23.2. The van der Waals surface area contributed by atoms with E-state index in [1.54, 1.807) is 24.6 Å². The molecule has 0 spiro atoms. The summed E-state index contributed by atoms with van der Waals surface area (Å²) in [5.74, 6) is 1.68. The van der Waals surface area contributed by atoms with Crippen LogP contribution >= 0.6 is 0 Å². The van der Waals surface area contributed by atoms with Gasteiger partial charge in [0.1, 0.15) is 0 Å². The number of likely N-dealkylation sites (tertiary alicyclic amines) is 2. The van der Waals surface area contributed by atoms with E-state index in [1.807, 2.05) is 45.2 Å². The number of hydrogen-bond donors (Lipinski definition) is 0. The lowest BCUT2D eigenvalue weighted by atomic mass is 9.86. The molecule has 2 aliphatic heterocycles. The lowest BCUT2D eigenvalue weighted by Gasteiger charge is -2.34. The predicted octanol–water partition coefficient (Wildman–Crippen LogP) is 12.5. The molecule has 0 amide bonds. The van der Waals surface area contributed by atoms with Crippen LogP contribution in [-0.4, -0.2) is 42.0 Å². The largest absolute Gasteiger partial charge is 0.377 e. The summed E-state index contributed by atoms with van der Waals surface area (Å²) in [6.07, 6.45) is 18.5. The second kappa shape index (κ2) is 24.3. The van der Waals surface area contributed by atoms with Gasteiger partial charge in [0, 0.05) is 50.6 Å². The van der Waals surface area contributed by atoms with E-state index in [1.165, 1.54) is 57.7 Å². The van der Waals surface area contributed by atoms with Crippen LogP contribution in [0.25, 0.3) is 0 Å². The van der Waals surface area contributed by atoms with Crippen molar-refractivity contribution < 1.29 is 8.78 Å². The van der Waals surface area contributed by atoms with Gasteiger partial charge in [0.05, 0.1) is 0 Å². The lowest BCUT2D eigenvalue weighted by molar-refractivity contribution is 0.0174. The van der Waals surface area contributed by atoms with Crippen molar-refractivity contribution in [2.45, 2.75) is 138 Å². The molecule has 260 valence electrons. The maximum atomic E-state index is 13.2. The van der Waals surface area contributed by atoms with E-state index in [0.29, 0.717) is 5.92 Å². The summed E-state index contributed by atoms with van der Waals surface area (Å²) in [6.45, 7) is 32.1. The van der Waals surface area contributed by atoms with Crippen molar-refractivity contribution in [2.75, 3.05) is 26.2 Å². The van der Waals surface area contributed by atoms with E-state index in [4.69, 9.17) is 0 Å². The van der Waals surface area contributed by atoms with Crippen LogP contribution in [0.5, 0.6) is 0 Å². The van der Waals surface area contributed by atoms with Crippen LogP contribution in [0.3, 0.4) is 0 Å². The van der Waals surface area contributed by atoms with Crippen LogP contribution in [0.1, 0.15) is 138 Å². The highest BCUT2D eigenvalue weighted by molar-refractivity contribution is 5.30. The highest BCUT2D eigenvalue weighted by atomic mass is 19.3. The molecule has 45 heavy (non-hydrogen) atoms. The number of benzene rings is 1. The Bertz CT molecular complexity index is 896. The van der Waals surface area contributed by atoms with Gasteiger partial charge in [-0.25, -0.2) is 8.78 Å². The molecule has 3 unspecified atom stereocenters. The number of piperidine rings is 1. The van der Waals surface area contributed by atoms with Gasteiger partial charge in [-0.1, -0.05) is 118 Å². The van der Waals surface area contributed by atoms with E-state index < -0.39 is 5.92 Å². The van der Waals surface area contributed by atoms with E-state index in [0.717, 1.165) is 61.7 Å². The molecule has 0 bridgehead atoms. The second-order valence-electron chi connectivity index (χ2n) is 13.8. The van der Waals surface area contributed by atoms with E-state index >= 15 is 0 Å². The predicted molar refractivity (Wildman–Crippen MR) is 197 cm³/mol. The molecule has 0 N–H and O–H groups in total. The van der Waals surface area contributed by atoms with E-state index in [2.05, 4.69) is 64.5 Å². The molecule has 3 atom stereocenters. The summed E-state index contributed by atoms with van der Waals surface area (Å²) in [6, 6.07) is 7.76. The standard InChI is InChI=1S/C14H17F2N.C12H21N.C5H8.2C4H10.C2H6/c1-3-17-8-7-12(10-17)11-5-4-6-13(9-11)14(2,15)16;1-9-2-4-12(5-3-9)13-7-10-6-11(10)8-13;1-3-5-4-2;1-4(2)3;1-3-4-2;1-2/h3-6,9,12H,1,7-8,10H2,2H3;9-12H,2-8H2,1H3;3-5H,1H2,2H3;4H,1-3H3;3-4H2,1-2H3;1-2H3/b;;5-4-;;;. The smallest absolute Gasteiger partial charge is 0.270 e. The van der Waals surface area contributed by atoms with Gasteiger partial charge in [-0.05, 0) is 87.0 Å². The number of nitrogens with zero attached hydrogens (tertiary/aromatic N) is 2. The van der Waals surface area contributed by atoms with Gasteiger partial charge in [0.25, 0.3) is 5.92 Å². The Morgan fingerprint density at radius 3 is 1.89 bits per heavy atom. The molecule has 2 nitrogen and oxygen atoms in total. The van der Waals surface area contributed by atoms with Crippen LogP contribution in [0.15, 0.2) is 61.9 Å². The maximum Gasteiger partial charge on any atom is 0.270 e. The molecule has 1 aromatic rings. The first kappa shape index (κ1) is 43.1. The fourth-order valence-corrected chi connectivity index (χ4v) is 5.77. The Labute approximate surface area is 279 Å². The van der Waals surface area contributed by atoms with Gasteiger partial charge in [-0.15, -0.1) is 0 Å². The molecule has 4 heteroatoms. The Hall–Kier alpha value is -1.94. The third kappa shape index (κ3) is 18.7. The summed E-state index contributed by atoms with van der Waals surface area (Å²) in [4.78, 5) is 4.92. The third-order valence-electron chi connectivity index (χ3n) is 8.68.